The number of esters is 1. The molecular weight excluding hydrogens is 440 g/mol. The first-order valence-electron chi connectivity index (χ1n) is 10.6. The summed E-state index contributed by atoms with van der Waals surface area (Å²) in [6.07, 6.45) is 0.705. The highest BCUT2D eigenvalue weighted by Gasteiger charge is 2.30. The van der Waals surface area contributed by atoms with Gasteiger partial charge >= 0.3 is 5.97 Å². The molecule has 33 heavy (non-hydrogen) atoms. The lowest BCUT2D eigenvalue weighted by atomic mass is 10.0. The molecule has 0 saturated carbocycles. The molecule has 8 heteroatoms. The number of methoxy groups -OCH3 is 3. The minimum atomic E-state index is -0.452. The van der Waals surface area contributed by atoms with E-state index in [2.05, 4.69) is 22.3 Å². The van der Waals surface area contributed by atoms with Crippen LogP contribution in [0.5, 0.6) is 11.5 Å². The number of ether oxygens (including phenoxy) is 3. The van der Waals surface area contributed by atoms with E-state index in [1.54, 1.807) is 18.2 Å². The molecule has 7 nitrogen and oxygen atoms in total. The van der Waals surface area contributed by atoms with E-state index in [4.69, 9.17) is 14.2 Å². The number of nitrogens with zero attached hydrogens (tertiary/aromatic N) is 1. The van der Waals surface area contributed by atoms with Gasteiger partial charge in [-0.05, 0) is 29.7 Å². The molecule has 4 rings (SSSR count). The van der Waals surface area contributed by atoms with Crippen molar-refractivity contribution in [2.24, 2.45) is 0 Å². The minimum absolute atomic E-state index is 0.274. The SMILES string of the molecule is COC(=O)c1c(NC(=O)c2c(OC)cccc2OC)sc2c1CCN(Cc1ccccc1)C2. The summed E-state index contributed by atoms with van der Waals surface area (Å²) in [6, 6.07) is 15.4. The van der Waals surface area contributed by atoms with Gasteiger partial charge < -0.3 is 19.5 Å². The third kappa shape index (κ3) is 4.72. The lowest BCUT2D eigenvalue weighted by Gasteiger charge is -2.27. The van der Waals surface area contributed by atoms with Crippen LogP contribution in [0.3, 0.4) is 0 Å². The van der Waals surface area contributed by atoms with E-state index in [9.17, 15) is 9.59 Å². The zero-order valence-corrected chi connectivity index (χ0v) is 19.7. The maximum absolute atomic E-state index is 13.2. The standard InChI is InChI=1S/C25H26N2O5S/c1-30-18-10-7-11-19(31-2)22(18)23(28)26-24-21(25(29)32-3)17-12-13-27(15-20(17)33-24)14-16-8-5-4-6-9-16/h4-11H,12-15H2,1-3H3,(H,26,28). The Hall–Kier alpha value is -3.36. The van der Waals surface area contributed by atoms with Gasteiger partial charge in [-0.2, -0.15) is 0 Å². The van der Waals surface area contributed by atoms with Gasteiger partial charge in [0.15, 0.2) is 0 Å². The molecule has 0 spiro atoms. The second kappa shape index (κ2) is 10.1. The van der Waals surface area contributed by atoms with Gasteiger partial charge in [-0.25, -0.2) is 4.79 Å². The molecule has 0 bridgehead atoms. The monoisotopic (exact) mass is 466 g/mol. The number of fused-ring (bicyclic) bond motifs is 1. The van der Waals surface area contributed by atoms with Crippen LogP contribution >= 0.6 is 11.3 Å². The van der Waals surface area contributed by atoms with E-state index in [1.807, 2.05) is 18.2 Å². The van der Waals surface area contributed by atoms with Crippen LogP contribution < -0.4 is 14.8 Å². The quantitative estimate of drug-likeness (QED) is 0.522. The Morgan fingerprint density at radius 3 is 2.30 bits per heavy atom. The average molecular weight is 467 g/mol. The number of amides is 1. The molecule has 2 heterocycles. The third-order valence-corrected chi connectivity index (χ3v) is 6.79. The summed E-state index contributed by atoms with van der Waals surface area (Å²) in [7, 11) is 4.35. The van der Waals surface area contributed by atoms with Crippen LogP contribution in [-0.2, 0) is 24.2 Å². The van der Waals surface area contributed by atoms with Crippen molar-refractivity contribution >= 4 is 28.2 Å². The summed E-state index contributed by atoms with van der Waals surface area (Å²) in [4.78, 5) is 29.3. The van der Waals surface area contributed by atoms with Crippen LogP contribution in [0.4, 0.5) is 5.00 Å². The Morgan fingerprint density at radius 1 is 0.970 bits per heavy atom. The molecule has 0 atom stereocenters. The molecule has 1 amide bonds. The van der Waals surface area contributed by atoms with E-state index < -0.39 is 11.9 Å². The lowest BCUT2D eigenvalue weighted by Crippen LogP contribution is -2.29. The summed E-state index contributed by atoms with van der Waals surface area (Å²) in [6.45, 7) is 2.34. The Balaban J connectivity index is 1.63. The van der Waals surface area contributed by atoms with Gasteiger partial charge in [0.2, 0.25) is 0 Å². The highest BCUT2D eigenvalue weighted by molar-refractivity contribution is 7.17. The molecule has 3 aromatic rings. The third-order valence-electron chi connectivity index (χ3n) is 5.66. The molecule has 2 aromatic carbocycles. The van der Waals surface area contributed by atoms with Crippen LogP contribution in [0, 0.1) is 0 Å². The second-order valence-corrected chi connectivity index (χ2v) is 8.74. The molecule has 1 aromatic heterocycles. The number of hydrogen-bond donors (Lipinski definition) is 1. The second-order valence-electron chi connectivity index (χ2n) is 7.64. The highest BCUT2D eigenvalue weighted by atomic mass is 32.1. The number of carbonyl (C=O) groups is 2. The first-order valence-corrected chi connectivity index (χ1v) is 11.4. The summed E-state index contributed by atoms with van der Waals surface area (Å²) >= 11 is 1.41. The van der Waals surface area contributed by atoms with Crippen LogP contribution in [0.2, 0.25) is 0 Å². The van der Waals surface area contributed by atoms with Crippen molar-refractivity contribution < 1.29 is 23.8 Å². The summed E-state index contributed by atoms with van der Waals surface area (Å²) in [5.74, 6) is -0.0795. The average Bonchev–Trinajstić information content (AvgIpc) is 3.20. The van der Waals surface area contributed by atoms with Crippen molar-refractivity contribution in [2.75, 3.05) is 33.2 Å². The largest absolute Gasteiger partial charge is 0.496 e. The topological polar surface area (TPSA) is 77.1 Å². The van der Waals surface area contributed by atoms with Crippen molar-refractivity contribution in [3.8, 4) is 11.5 Å². The Labute approximate surface area is 196 Å². The van der Waals surface area contributed by atoms with E-state index >= 15 is 0 Å². The summed E-state index contributed by atoms with van der Waals surface area (Å²) < 4.78 is 15.8. The van der Waals surface area contributed by atoms with Gasteiger partial charge in [0.05, 0.1) is 26.9 Å². The Bertz CT molecular complexity index is 1140. The molecule has 0 fully saturated rings. The fourth-order valence-electron chi connectivity index (χ4n) is 4.08. The van der Waals surface area contributed by atoms with Crippen LogP contribution in [0.15, 0.2) is 48.5 Å². The van der Waals surface area contributed by atoms with Gasteiger partial charge in [0.1, 0.15) is 22.1 Å². The highest BCUT2D eigenvalue weighted by Crippen LogP contribution is 2.39. The van der Waals surface area contributed by atoms with Gasteiger partial charge in [-0.15, -0.1) is 11.3 Å². The predicted molar refractivity (Wildman–Crippen MR) is 127 cm³/mol. The molecular formula is C25H26N2O5S. The van der Waals surface area contributed by atoms with Crippen molar-refractivity contribution in [3.63, 3.8) is 0 Å². The zero-order valence-electron chi connectivity index (χ0n) is 18.8. The summed E-state index contributed by atoms with van der Waals surface area (Å²) in [5, 5.41) is 3.39. The zero-order chi connectivity index (χ0) is 23.4. The Kier molecular flexibility index (Phi) is 6.96. The van der Waals surface area contributed by atoms with E-state index in [0.29, 0.717) is 35.0 Å². The van der Waals surface area contributed by atoms with Crippen LogP contribution in [0.25, 0.3) is 0 Å². The molecule has 1 aliphatic rings. The molecule has 0 saturated heterocycles. The maximum atomic E-state index is 13.2. The van der Waals surface area contributed by atoms with Crippen molar-refractivity contribution in [2.45, 2.75) is 19.5 Å². The van der Waals surface area contributed by atoms with Gasteiger partial charge in [0, 0.05) is 24.5 Å². The first kappa shape index (κ1) is 22.8. The van der Waals surface area contributed by atoms with E-state index in [0.717, 1.165) is 23.5 Å². The van der Waals surface area contributed by atoms with E-state index in [1.165, 1.54) is 38.2 Å². The molecule has 0 radical (unpaired) electrons. The molecule has 1 N–H and O–H groups in total. The van der Waals surface area contributed by atoms with Gasteiger partial charge in [-0.3, -0.25) is 9.69 Å². The number of thiophene rings is 1. The number of hydrogen-bond acceptors (Lipinski definition) is 7. The number of anilines is 1. The van der Waals surface area contributed by atoms with Crippen LogP contribution in [0.1, 0.15) is 36.7 Å². The fourth-order valence-corrected chi connectivity index (χ4v) is 5.35. The first-order chi connectivity index (χ1) is 16.0. The molecule has 172 valence electrons. The summed E-state index contributed by atoms with van der Waals surface area (Å²) in [5.41, 5.74) is 2.88. The Morgan fingerprint density at radius 2 is 1.67 bits per heavy atom. The normalized spacial score (nSPS) is 13.2. The van der Waals surface area contributed by atoms with Crippen molar-refractivity contribution in [3.05, 3.63) is 75.7 Å². The predicted octanol–water partition coefficient (Wildman–Crippen LogP) is 4.36. The van der Waals surface area contributed by atoms with Gasteiger partial charge in [0.25, 0.3) is 5.91 Å². The van der Waals surface area contributed by atoms with Crippen molar-refractivity contribution in [1.29, 1.82) is 0 Å². The van der Waals surface area contributed by atoms with Crippen molar-refractivity contribution in [1.82, 2.24) is 4.90 Å². The van der Waals surface area contributed by atoms with E-state index in [-0.39, 0.29) is 5.56 Å². The lowest BCUT2D eigenvalue weighted by molar-refractivity contribution is 0.0600. The molecule has 0 aliphatic carbocycles. The number of carbonyl (C=O) groups excluding carboxylic acids is 2. The van der Waals surface area contributed by atoms with Gasteiger partial charge in [-0.1, -0.05) is 36.4 Å². The minimum Gasteiger partial charge on any atom is -0.496 e. The fraction of sp³-hybridized carbons (Fsp3) is 0.280. The van der Waals surface area contributed by atoms with Crippen LogP contribution in [-0.4, -0.2) is 44.7 Å². The number of benzene rings is 2. The number of rotatable bonds is 7. The smallest absolute Gasteiger partial charge is 0.341 e. The molecule has 1 aliphatic heterocycles. The maximum Gasteiger partial charge on any atom is 0.341 e. The number of nitrogens with one attached hydrogen (secondary N) is 1. The molecule has 0 unspecified atom stereocenters.